The van der Waals surface area contributed by atoms with Crippen LogP contribution >= 0.6 is 0 Å². The molecule has 0 atom stereocenters. The lowest BCUT2D eigenvalue weighted by atomic mass is 10.2. The molecular formula is C17H20N6O2. The lowest BCUT2D eigenvalue weighted by Crippen LogP contribution is -2.49. The molecule has 0 unspecified atom stereocenters. The van der Waals surface area contributed by atoms with Gasteiger partial charge in [0, 0.05) is 38.6 Å². The number of carbonyl (C=O) groups excluding carboxylic acids is 1. The first-order valence-corrected chi connectivity index (χ1v) is 8.32. The van der Waals surface area contributed by atoms with Crippen molar-refractivity contribution in [2.75, 3.05) is 31.1 Å². The van der Waals surface area contributed by atoms with Crippen molar-refractivity contribution in [1.82, 2.24) is 24.5 Å². The van der Waals surface area contributed by atoms with Gasteiger partial charge in [0.05, 0.1) is 5.56 Å². The van der Waals surface area contributed by atoms with E-state index in [1.54, 1.807) is 6.20 Å². The molecule has 4 rings (SSSR count). The monoisotopic (exact) mass is 340 g/mol. The number of rotatable bonds is 2. The van der Waals surface area contributed by atoms with E-state index in [9.17, 15) is 4.79 Å². The molecule has 0 saturated carbocycles. The maximum Gasteiger partial charge on any atom is 0.257 e. The third kappa shape index (κ3) is 2.63. The number of fused-ring (bicyclic) bond motifs is 1. The van der Waals surface area contributed by atoms with Gasteiger partial charge in [0.1, 0.15) is 17.3 Å². The standard InChI is InChI=1S/C17H20N6O2/c1-11-10-14(12(2)25-11)17(24)22-8-6-21(7-9-22)15-16-20-19-13(3)23(16)5-4-18-15/h4-5,10H,6-9H2,1-3H3. The van der Waals surface area contributed by atoms with Gasteiger partial charge in [0.15, 0.2) is 5.82 Å². The van der Waals surface area contributed by atoms with Crippen LogP contribution in [-0.4, -0.2) is 56.6 Å². The Labute approximate surface area is 145 Å². The van der Waals surface area contributed by atoms with Gasteiger partial charge < -0.3 is 14.2 Å². The Morgan fingerprint density at radius 1 is 1.12 bits per heavy atom. The highest BCUT2D eigenvalue weighted by Crippen LogP contribution is 2.21. The predicted octanol–water partition coefficient (Wildman–Crippen LogP) is 1.60. The molecule has 1 aliphatic heterocycles. The second-order valence-corrected chi connectivity index (χ2v) is 6.30. The van der Waals surface area contributed by atoms with E-state index in [4.69, 9.17) is 4.42 Å². The molecule has 25 heavy (non-hydrogen) atoms. The molecule has 4 heterocycles. The fraction of sp³-hybridized carbons (Fsp3) is 0.412. The summed E-state index contributed by atoms with van der Waals surface area (Å²) in [6, 6.07) is 1.81. The lowest BCUT2D eigenvalue weighted by molar-refractivity contribution is 0.0745. The van der Waals surface area contributed by atoms with E-state index < -0.39 is 0 Å². The van der Waals surface area contributed by atoms with E-state index in [0.29, 0.717) is 37.5 Å². The van der Waals surface area contributed by atoms with Gasteiger partial charge >= 0.3 is 0 Å². The van der Waals surface area contributed by atoms with E-state index in [-0.39, 0.29) is 5.91 Å². The Bertz CT molecular complexity index is 936. The van der Waals surface area contributed by atoms with Gasteiger partial charge in [0.25, 0.3) is 5.91 Å². The minimum absolute atomic E-state index is 0.0264. The highest BCUT2D eigenvalue weighted by atomic mass is 16.3. The Morgan fingerprint density at radius 3 is 2.56 bits per heavy atom. The Balaban J connectivity index is 1.51. The quantitative estimate of drug-likeness (QED) is 0.705. The average Bonchev–Trinajstić information content (AvgIpc) is 3.16. The summed E-state index contributed by atoms with van der Waals surface area (Å²) < 4.78 is 7.41. The van der Waals surface area contributed by atoms with E-state index in [0.717, 1.165) is 23.0 Å². The summed E-state index contributed by atoms with van der Waals surface area (Å²) in [6.45, 7) is 8.29. The second-order valence-electron chi connectivity index (χ2n) is 6.30. The molecule has 0 spiro atoms. The highest BCUT2D eigenvalue weighted by Gasteiger charge is 2.26. The van der Waals surface area contributed by atoms with Crippen LogP contribution in [0.5, 0.6) is 0 Å². The molecule has 8 nitrogen and oxygen atoms in total. The Morgan fingerprint density at radius 2 is 1.88 bits per heavy atom. The van der Waals surface area contributed by atoms with Gasteiger partial charge in [-0.25, -0.2) is 4.98 Å². The fourth-order valence-electron chi connectivity index (χ4n) is 3.29. The first-order valence-electron chi connectivity index (χ1n) is 8.32. The van der Waals surface area contributed by atoms with Gasteiger partial charge in [-0.05, 0) is 26.8 Å². The summed E-state index contributed by atoms with van der Waals surface area (Å²) >= 11 is 0. The molecule has 130 valence electrons. The zero-order chi connectivity index (χ0) is 17.6. The van der Waals surface area contributed by atoms with Crippen molar-refractivity contribution in [2.45, 2.75) is 20.8 Å². The molecule has 1 saturated heterocycles. The number of hydrogen-bond acceptors (Lipinski definition) is 6. The zero-order valence-corrected chi connectivity index (χ0v) is 14.6. The van der Waals surface area contributed by atoms with Crippen LogP contribution in [0.15, 0.2) is 22.9 Å². The second kappa shape index (κ2) is 5.87. The Hall–Kier alpha value is -2.90. The summed E-state index contributed by atoms with van der Waals surface area (Å²) in [7, 11) is 0. The van der Waals surface area contributed by atoms with E-state index in [1.165, 1.54) is 0 Å². The third-order valence-corrected chi connectivity index (χ3v) is 4.62. The lowest BCUT2D eigenvalue weighted by Gasteiger charge is -2.35. The minimum Gasteiger partial charge on any atom is -0.466 e. The molecule has 1 aliphatic rings. The molecule has 0 aromatic carbocycles. The SMILES string of the molecule is Cc1cc(C(=O)N2CCN(c3nccn4c(C)nnc34)CC2)c(C)o1. The average molecular weight is 340 g/mol. The van der Waals surface area contributed by atoms with Crippen LogP contribution in [0, 0.1) is 20.8 Å². The third-order valence-electron chi connectivity index (χ3n) is 4.62. The van der Waals surface area contributed by atoms with Crippen molar-refractivity contribution < 1.29 is 9.21 Å². The van der Waals surface area contributed by atoms with Gasteiger partial charge in [-0.1, -0.05) is 0 Å². The number of anilines is 1. The predicted molar refractivity (Wildman–Crippen MR) is 91.8 cm³/mol. The van der Waals surface area contributed by atoms with Crippen molar-refractivity contribution in [3.05, 3.63) is 41.4 Å². The van der Waals surface area contributed by atoms with Gasteiger partial charge in [0.2, 0.25) is 5.65 Å². The van der Waals surface area contributed by atoms with Crippen LogP contribution in [0.4, 0.5) is 5.82 Å². The molecule has 0 aliphatic carbocycles. The number of piperazine rings is 1. The molecule has 0 N–H and O–H groups in total. The van der Waals surface area contributed by atoms with Crippen LogP contribution < -0.4 is 4.90 Å². The van der Waals surface area contributed by atoms with Crippen molar-refractivity contribution in [2.24, 2.45) is 0 Å². The van der Waals surface area contributed by atoms with Crippen LogP contribution in [-0.2, 0) is 0 Å². The summed E-state index contributed by atoms with van der Waals surface area (Å²) in [5, 5.41) is 8.34. The number of nitrogens with zero attached hydrogens (tertiary/aromatic N) is 6. The number of carbonyl (C=O) groups is 1. The van der Waals surface area contributed by atoms with E-state index >= 15 is 0 Å². The molecule has 3 aromatic heterocycles. The molecular weight excluding hydrogens is 320 g/mol. The summed E-state index contributed by atoms with van der Waals surface area (Å²) in [5.74, 6) is 3.11. The van der Waals surface area contributed by atoms with Gasteiger partial charge in [-0.3, -0.25) is 9.20 Å². The van der Waals surface area contributed by atoms with Crippen LogP contribution in [0.25, 0.3) is 5.65 Å². The first-order chi connectivity index (χ1) is 12.0. The molecule has 1 fully saturated rings. The minimum atomic E-state index is 0.0264. The summed E-state index contributed by atoms with van der Waals surface area (Å²) in [6.07, 6.45) is 3.62. The van der Waals surface area contributed by atoms with E-state index in [1.807, 2.05) is 42.3 Å². The smallest absolute Gasteiger partial charge is 0.257 e. The maximum atomic E-state index is 12.7. The molecule has 8 heteroatoms. The fourth-order valence-corrected chi connectivity index (χ4v) is 3.29. The Kier molecular flexibility index (Phi) is 3.67. The number of furan rings is 1. The molecule has 3 aromatic rings. The van der Waals surface area contributed by atoms with Crippen LogP contribution in [0.2, 0.25) is 0 Å². The normalized spacial score (nSPS) is 15.2. The number of amides is 1. The van der Waals surface area contributed by atoms with Crippen LogP contribution in [0.3, 0.4) is 0 Å². The largest absolute Gasteiger partial charge is 0.466 e. The van der Waals surface area contributed by atoms with Crippen molar-refractivity contribution in [3.8, 4) is 0 Å². The number of aromatic nitrogens is 4. The molecule has 0 bridgehead atoms. The van der Waals surface area contributed by atoms with Crippen molar-refractivity contribution >= 4 is 17.4 Å². The summed E-state index contributed by atoms with van der Waals surface area (Å²) in [4.78, 5) is 21.2. The highest BCUT2D eigenvalue weighted by molar-refractivity contribution is 5.95. The van der Waals surface area contributed by atoms with Gasteiger partial charge in [-0.15, -0.1) is 10.2 Å². The molecule has 0 radical (unpaired) electrons. The zero-order valence-electron chi connectivity index (χ0n) is 14.6. The van der Waals surface area contributed by atoms with Crippen molar-refractivity contribution in [1.29, 1.82) is 0 Å². The topological polar surface area (TPSA) is 79.8 Å². The molecule has 1 amide bonds. The van der Waals surface area contributed by atoms with Crippen LogP contribution in [0.1, 0.15) is 27.7 Å². The van der Waals surface area contributed by atoms with Crippen molar-refractivity contribution in [3.63, 3.8) is 0 Å². The number of hydrogen-bond donors (Lipinski definition) is 0. The maximum absolute atomic E-state index is 12.7. The first kappa shape index (κ1) is 15.6. The van der Waals surface area contributed by atoms with E-state index in [2.05, 4.69) is 20.1 Å². The number of aryl methyl sites for hydroxylation is 3. The van der Waals surface area contributed by atoms with Gasteiger partial charge in [-0.2, -0.15) is 0 Å². The summed E-state index contributed by atoms with van der Waals surface area (Å²) in [5.41, 5.74) is 1.40.